The van der Waals surface area contributed by atoms with Crippen molar-refractivity contribution < 1.29 is 9.53 Å². The van der Waals surface area contributed by atoms with Gasteiger partial charge in [0, 0.05) is 18.0 Å². The van der Waals surface area contributed by atoms with Gasteiger partial charge in [-0.2, -0.15) is 0 Å². The van der Waals surface area contributed by atoms with Crippen molar-refractivity contribution in [2.45, 2.75) is 32.6 Å². The summed E-state index contributed by atoms with van der Waals surface area (Å²) >= 11 is 1.72. The Morgan fingerprint density at radius 3 is 3.00 bits per heavy atom. The molecule has 1 aromatic heterocycles. The number of nitrogens with zero attached hydrogens (tertiary/aromatic N) is 1. The molecular weight excluding hydrogens is 258 g/mol. The van der Waals surface area contributed by atoms with Gasteiger partial charge in [0.1, 0.15) is 0 Å². The highest BCUT2D eigenvalue weighted by molar-refractivity contribution is 7.14. The molecule has 1 unspecified atom stereocenters. The van der Waals surface area contributed by atoms with E-state index in [-0.39, 0.29) is 5.91 Å². The summed E-state index contributed by atoms with van der Waals surface area (Å²) in [4.78, 5) is 16.8. The standard InChI is InChI=1S/C15H21NO2S/c1-2-11-3-4-13-12(9-11)10-14(19-13)15(17)16-5-7-18-8-6-16/h10-11H,2-9H2,1H3. The minimum absolute atomic E-state index is 0.204. The van der Waals surface area contributed by atoms with Crippen LogP contribution in [0, 0.1) is 5.92 Å². The van der Waals surface area contributed by atoms with Gasteiger partial charge in [-0.3, -0.25) is 4.79 Å². The molecule has 1 saturated heterocycles. The normalized spacial score (nSPS) is 23.2. The van der Waals surface area contributed by atoms with Crippen LogP contribution < -0.4 is 0 Å². The molecule has 1 aliphatic heterocycles. The molecular formula is C15H21NO2S. The zero-order chi connectivity index (χ0) is 13.2. The molecule has 0 radical (unpaired) electrons. The molecule has 0 aromatic carbocycles. The van der Waals surface area contributed by atoms with Crippen LogP contribution in [0.5, 0.6) is 0 Å². The lowest BCUT2D eigenvalue weighted by atomic mass is 9.87. The third kappa shape index (κ3) is 2.70. The number of carbonyl (C=O) groups is 1. The summed E-state index contributed by atoms with van der Waals surface area (Å²) in [7, 11) is 0. The number of carbonyl (C=O) groups excluding carboxylic acids is 1. The third-order valence-corrected chi connectivity index (χ3v) is 5.50. The number of rotatable bonds is 2. The zero-order valence-corrected chi connectivity index (χ0v) is 12.3. The molecule has 1 atom stereocenters. The Morgan fingerprint density at radius 2 is 2.26 bits per heavy atom. The SMILES string of the molecule is CCC1CCc2sc(C(=O)N3CCOCC3)cc2C1. The highest BCUT2D eigenvalue weighted by Crippen LogP contribution is 2.34. The van der Waals surface area contributed by atoms with E-state index in [1.807, 2.05) is 4.90 Å². The van der Waals surface area contributed by atoms with Crippen LogP contribution >= 0.6 is 11.3 Å². The lowest BCUT2D eigenvalue weighted by Gasteiger charge is -2.26. The van der Waals surface area contributed by atoms with Crippen LogP contribution in [-0.4, -0.2) is 37.1 Å². The number of hydrogen-bond acceptors (Lipinski definition) is 3. The van der Waals surface area contributed by atoms with Crippen molar-refractivity contribution in [2.75, 3.05) is 26.3 Å². The van der Waals surface area contributed by atoms with Gasteiger partial charge in [-0.1, -0.05) is 13.3 Å². The van der Waals surface area contributed by atoms with Crippen LogP contribution in [0.3, 0.4) is 0 Å². The smallest absolute Gasteiger partial charge is 0.264 e. The number of ether oxygens (including phenoxy) is 1. The van der Waals surface area contributed by atoms with E-state index in [2.05, 4.69) is 13.0 Å². The molecule has 2 aliphatic rings. The van der Waals surface area contributed by atoms with Crippen LogP contribution in [0.2, 0.25) is 0 Å². The average Bonchev–Trinajstić information content (AvgIpc) is 2.90. The van der Waals surface area contributed by atoms with Gasteiger partial charge in [-0.05, 0) is 36.8 Å². The molecule has 1 aliphatic carbocycles. The van der Waals surface area contributed by atoms with Gasteiger partial charge in [0.05, 0.1) is 18.1 Å². The van der Waals surface area contributed by atoms with Gasteiger partial charge < -0.3 is 9.64 Å². The highest BCUT2D eigenvalue weighted by Gasteiger charge is 2.25. The molecule has 19 heavy (non-hydrogen) atoms. The maximum absolute atomic E-state index is 12.4. The highest BCUT2D eigenvalue weighted by atomic mass is 32.1. The molecule has 0 bridgehead atoms. The fraction of sp³-hybridized carbons (Fsp3) is 0.667. The van der Waals surface area contributed by atoms with Gasteiger partial charge >= 0.3 is 0 Å². The maximum Gasteiger partial charge on any atom is 0.264 e. The van der Waals surface area contributed by atoms with E-state index >= 15 is 0 Å². The minimum Gasteiger partial charge on any atom is -0.378 e. The number of thiophene rings is 1. The van der Waals surface area contributed by atoms with E-state index in [0.717, 1.165) is 30.3 Å². The van der Waals surface area contributed by atoms with Crippen molar-refractivity contribution >= 4 is 17.2 Å². The first-order valence-electron chi connectivity index (χ1n) is 7.26. The summed E-state index contributed by atoms with van der Waals surface area (Å²) in [6.45, 7) is 5.09. The monoisotopic (exact) mass is 279 g/mol. The van der Waals surface area contributed by atoms with Gasteiger partial charge in [0.25, 0.3) is 5.91 Å². The van der Waals surface area contributed by atoms with Gasteiger partial charge in [0.2, 0.25) is 0 Å². The molecule has 1 fully saturated rings. The fourth-order valence-electron chi connectivity index (χ4n) is 2.98. The Bertz CT molecular complexity index is 463. The molecule has 2 heterocycles. The summed E-state index contributed by atoms with van der Waals surface area (Å²) in [5.74, 6) is 1.02. The van der Waals surface area contributed by atoms with Gasteiger partial charge in [-0.25, -0.2) is 0 Å². The number of hydrogen-bond donors (Lipinski definition) is 0. The number of morpholine rings is 1. The minimum atomic E-state index is 0.204. The fourth-order valence-corrected chi connectivity index (χ4v) is 4.15. The molecule has 4 heteroatoms. The van der Waals surface area contributed by atoms with Crippen LogP contribution in [0.4, 0.5) is 0 Å². The van der Waals surface area contributed by atoms with E-state index in [1.165, 1.54) is 29.7 Å². The van der Waals surface area contributed by atoms with E-state index in [4.69, 9.17) is 4.74 Å². The number of amides is 1. The van der Waals surface area contributed by atoms with Crippen LogP contribution in [0.1, 0.15) is 39.9 Å². The van der Waals surface area contributed by atoms with Gasteiger partial charge in [-0.15, -0.1) is 11.3 Å². The molecule has 3 rings (SSSR count). The Labute approximate surface area is 118 Å². The molecule has 1 amide bonds. The number of aryl methyl sites for hydroxylation is 1. The van der Waals surface area contributed by atoms with Crippen molar-refractivity contribution in [1.29, 1.82) is 0 Å². The summed E-state index contributed by atoms with van der Waals surface area (Å²) in [5.41, 5.74) is 1.43. The Balaban J connectivity index is 1.75. The third-order valence-electron chi connectivity index (χ3n) is 4.27. The second kappa shape index (κ2) is 5.63. The first kappa shape index (κ1) is 13.1. The second-order valence-electron chi connectivity index (χ2n) is 5.48. The van der Waals surface area contributed by atoms with E-state index in [0.29, 0.717) is 13.2 Å². The second-order valence-corrected chi connectivity index (χ2v) is 6.62. The van der Waals surface area contributed by atoms with Crippen molar-refractivity contribution in [2.24, 2.45) is 5.92 Å². The molecule has 0 saturated carbocycles. The quantitative estimate of drug-likeness (QED) is 0.833. The molecule has 3 nitrogen and oxygen atoms in total. The zero-order valence-electron chi connectivity index (χ0n) is 11.5. The Kier molecular flexibility index (Phi) is 3.89. The van der Waals surface area contributed by atoms with Crippen molar-refractivity contribution in [1.82, 2.24) is 4.90 Å². The molecule has 1 aromatic rings. The van der Waals surface area contributed by atoms with E-state index in [9.17, 15) is 4.79 Å². The summed E-state index contributed by atoms with van der Waals surface area (Å²) < 4.78 is 5.31. The first-order valence-corrected chi connectivity index (χ1v) is 8.08. The maximum atomic E-state index is 12.4. The van der Waals surface area contributed by atoms with Crippen molar-refractivity contribution in [3.05, 3.63) is 21.4 Å². The largest absolute Gasteiger partial charge is 0.378 e. The molecule has 104 valence electrons. The Hall–Kier alpha value is -0.870. The lowest BCUT2D eigenvalue weighted by molar-refractivity contribution is 0.0306. The van der Waals surface area contributed by atoms with E-state index in [1.54, 1.807) is 11.3 Å². The predicted molar refractivity (Wildman–Crippen MR) is 76.8 cm³/mol. The van der Waals surface area contributed by atoms with Crippen LogP contribution in [0.25, 0.3) is 0 Å². The average molecular weight is 279 g/mol. The van der Waals surface area contributed by atoms with Crippen LogP contribution in [-0.2, 0) is 17.6 Å². The predicted octanol–water partition coefficient (Wildman–Crippen LogP) is 2.74. The summed E-state index contributed by atoms with van der Waals surface area (Å²) in [5, 5.41) is 0. The first-order chi connectivity index (χ1) is 9.28. The number of fused-ring (bicyclic) bond motifs is 1. The van der Waals surface area contributed by atoms with Crippen molar-refractivity contribution in [3.63, 3.8) is 0 Å². The van der Waals surface area contributed by atoms with E-state index < -0.39 is 0 Å². The van der Waals surface area contributed by atoms with Crippen LogP contribution in [0.15, 0.2) is 6.07 Å². The molecule has 0 N–H and O–H groups in total. The summed E-state index contributed by atoms with van der Waals surface area (Å²) in [6.07, 6.45) is 4.87. The summed E-state index contributed by atoms with van der Waals surface area (Å²) in [6, 6.07) is 2.15. The van der Waals surface area contributed by atoms with Crippen molar-refractivity contribution in [3.8, 4) is 0 Å². The molecule has 0 spiro atoms. The Morgan fingerprint density at radius 1 is 1.47 bits per heavy atom. The van der Waals surface area contributed by atoms with Gasteiger partial charge in [0.15, 0.2) is 0 Å². The lowest BCUT2D eigenvalue weighted by Crippen LogP contribution is -2.40. The topological polar surface area (TPSA) is 29.5 Å².